The molecule has 0 fully saturated rings. The molecule has 0 bridgehead atoms. The van der Waals surface area contributed by atoms with Crippen LogP contribution in [0, 0.1) is 5.92 Å². The highest BCUT2D eigenvalue weighted by atomic mass is 16.7. The van der Waals surface area contributed by atoms with E-state index >= 15 is 0 Å². The molecule has 0 aliphatic carbocycles. The number of hydroxylamine groups is 1. The number of nitrogens with two attached hydrogens (primary N) is 1. The lowest BCUT2D eigenvalue weighted by Gasteiger charge is -2.12. The van der Waals surface area contributed by atoms with E-state index in [1.165, 1.54) is 0 Å². The molecule has 0 aliphatic heterocycles. The molecule has 5 nitrogen and oxygen atoms in total. The molecule has 16 heavy (non-hydrogen) atoms. The van der Waals surface area contributed by atoms with E-state index in [-0.39, 0.29) is 5.91 Å². The highest BCUT2D eigenvalue weighted by Crippen LogP contribution is 2.14. The van der Waals surface area contributed by atoms with E-state index in [4.69, 9.17) is 15.3 Å². The first-order valence-corrected chi connectivity index (χ1v) is 5.84. The Morgan fingerprint density at radius 1 is 1.38 bits per heavy atom. The molecule has 0 saturated heterocycles. The summed E-state index contributed by atoms with van der Waals surface area (Å²) < 4.78 is 4.78. The molecular weight excluding hydrogens is 208 g/mol. The highest BCUT2D eigenvalue weighted by molar-refractivity contribution is 5.74. The minimum atomic E-state index is -0.0772. The lowest BCUT2D eigenvalue weighted by atomic mass is 9.97. The maximum absolute atomic E-state index is 11.3. The Bertz CT molecular complexity index is 177. The number of amides is 1. The molecule has 0 aromatic carbocycles. The van der Waals surface area contributed by atoms with E-state index in [9.17, 15) is 4.79 Å². The van der Waals surface area contributed by atoms with E-state index in [1.54, 1.807) is 7.11 Å². The molecule has 0 aliphatic rings. The molecule has 1 amide bonds. The predicted molar refractivity (Wildman–Crippen MR) is 62.7 cm³/mol. The van der Waals surface area contributed by atoms with Gasteiger partial charge >= 0.3 is 0 Å². The summed E-state index contributed by atoms with van der Waals surface area (Å²) in [5.41, 5.74) is 7.87. The Labute approximate surface area is 97.6 Å². The summed E-state index contributed by atoms with van der Waals surface area (Å²) in [7, 11) is 1.59. The molecule has 0 aromatic rings. The Morgan fingerprint density at radius 2 is 2.12 bits per heavy atom. The summed E-state index contributed by atoms with van der Waals surface area (Å²) in [5.74, 6) is 0.460. The Hall–Kier alpha value is -0.650. The van der Waals surface area contributed by atoms with Crippen LogP contribution in [-0.4, -0.2) is 32.8 Å². The second-order valence-corrected chi connectivity index (χ2v) is 3.76. The van der Waals surface area contributed by atoms with Crippen molar-refractivity contribution in [2.45, 2.75) is 32.6 Å². The summed E-state index contributed by atoms with van der Waals surface area (Å²) in [5, 5.41) is 0. The second kappa shape index (κ2) is 10.9. The van der Waals surface area contributed by atoms with Crippen molar-refractivity contribution in [3.63, 3.8) is 0 Å². The predicted octanol–water partition coefficient (Wildman–Crippen LogP) is 0.836. The molecule has 3 N–H and O–H groups in total. The van der Waals surface area contributed by atoms with Crippen LogP contribution < -0.4 is 11.2 Å². The van der Waals surface area contributed by atoms with E-state index in [0.717, 1.165) is 19.3 Å². The Kier molecular flexibility index (Phi) is 10.4. The molecule has 0 radical (unpaired) electrons. The van der Waals surface area contributed by atoms with Crippen LogP contribution in [0.5, 0.6) is 0 Å². The quantitative estimate of drug-likeness (QED) is 0.432. The van der Waals surface area contributed by atoms with Crippen LogP contribution in [0.25, 0.3) is 0 Å². The van der Waals surface area contributed by atoms with Gasteiger partial charge in [-0.3, -0.25) is 9.63 Å². The minimum Gasteiger partial charge on any atom is -0.382 e. The van der Waals surface area contributed by atoms with E-state index in [2.05, 4.69) is 12.4 Å². The largest absolute Gasteiger partial charge is 0.382 e. The zero-order valence-corrected chi connectivity index (χ0v) is 10.3. The van der Waals surface area contributed by atoms with Crippen molar-refractivity contribution in [3.8, 4) is 0 Å². The number of nitrogens with one attached hydrogen (secondary N) is 1. The van der Waals surface area contributed by atoms with Gasteiger partial charge in [-0.15, -0.1) is 0 Å². The fourth-order valence-corrected chi connectivity index (χ4v) is 1.43. The number of ether oxygens (including phenoxy) is 1. The van der Waals surface area contributed by atoms with Crippen LogP contribution in [0.15, 0.2) is 0 Å². The van der Waals surface area contributed by atoms with Crippen LogP contribution in [0.1, 0.15) is 32.6 Å². The first-order chi connectivity index (χ1) is 7.74. The Morgan fingerprint density at radius 3 is 2.69 bits per heavy atom. The summed E-state index contributed by atoms with van der Waals surface area (Å²) >= 11 is 0. The molecule has 0 aromatic heterocycles. The summed E-state index contributed by atoms with van der Waals surface area (Å²) in [6.45, 7) is 3.66. The number of hydrogen-bond acceptors (Lipinski definition) is 4. The Balaban J connectivity index is 3.47. The maximum Gasteiger partial charge on any atom is 0.243 e. The maximum atomic E-state index is 11.3. The van der Waals surface area contributed by atoms with Gasteiger partial charge in [0.25, 0.3) is 0 Å². The van der Waals surface area contributed by atoms with Crippen molar-refractivity contribution in [2.75, 3.05) is 26.9 Å². The van der Waals surface area contributed by atoms with Gasteiger partial charge in [0.1, 0.15) is 0 Å². The minimum absolute atomic E-state index is 0.0772. The zero-order chi connectivity index (χ0) is 12.2. The van der Waals surface area contributed by atoms with Gasteiger partial charge in [-0.05, 0) is 25.3 Å². The first-order valence-electron chi connectivity index (χ1n) is 5.84. The zero-order valence-electron chi connectivity index (χ0n) is 10.3. The molecule has 0 spiro atoms. The van der Waals surface area contributed by atoms with Crippen molar-refractivity contribution in [2.24, 2.45) is 11.7 Å². The summed E-state index contributed by atoms with van der Waals surface area (Å²) in [6, 6.07) is 0. The van der Waals surface area contributed by atoms with E-state index < -0.39 is 0 Å². The summed E-state index contributed by atoms with van der Waals surface area (Å²) in [6.07, 6.45) is 3.40. The van der Waals surface area contributed by atoms with Crippen LogP contribution in [0.4, 0.5) is 0 Å². The SMILES string of the molecule is CCC(CCN)CCC(=O)NOCCOC. The topological polar surface area (TPSA) is 73.6 Å². The van der Waals surface area contributed by atoms with Crippen molar-refractivity contribution in [3.05, 3.63) is 0 Å². The molecule has 0 rings (SSSR count). The third-order valence-electron chi connectivity index (χ3n) is 2.51. The lowest BCUT2D eigenvalue weighted by molar-refractivity contribution is -0.134. The van der Waals surface area contributed by atoms with Gasteiger partial charge in [-0.25, -0.2) is 5.48 Å². The molecule has 96 valence electrons. The number of carbonyl (C=O) groups excluding carboxylic acids is 1. The smallest absolute Gasteiger partial charge is 0.243 e. The van der Waals surface area contributed by atoms with Gasteiger partial charge in [0.05, 0.1) is 13.2 Å². The molecule has 0 heterocycles. The first kappa shape index (κ1) is 15.3. The third-order valence-corrected chi connectivity index (χ3v) is 2.51. The molecule has 5 heteroatoms. The number of hydrogen-bond donors (Lipinski definition) is 2. The van der Waals surface area contributed by atoms with Crippen molar-refractivity contribution in [1.29, 1.82) is 0 Å². The summed E-state index contributed by atoms with van der Waals surface area (Å²) in [4.78, 5) is 16.2. The van der Waals surface area contributed by atoms with Crippen LogP contribution in [0.3, 0.4) is 0 Å². The third kappa shape index (κ3) is 8.64. The van der Waals surface area contributed by atoms with Gasteiger partial charge in [0.15, 0.2) is 0 Å². The van der Waals surface area contributed by atoms with Gasteiger partial charge in [0, 0.05) is 13.5 Å². The average Bonchev–Trinajstić information content (AvgIpc) is 2.30. The van der Waals surface area contributed by atoms with Gasteiger partial charge in [-0.1, -0.05) is 13.3 Å². The second-order valence-electron chi connectivity index (χ2n) is 3.76. The van der Waals surface area contributed by atoms with E-state index in [1.807, 2.05) is 0 Å². The van der Waals surface area contributed by atoms with E-state index in [0.29, 0.717) is 32.1 Å². The number of carbonyl (C=O) groups is 1. The fraction of sp³-hybridized carbons (Fsp3) is 0.909. The lowest BCUT2D eigenvalue weighted by Crippen LogP contribution is -2.25. The van der Waals surface area contributed by atoms with Crippen molar-refractivity contribution in [1.82, 2.24) is 5.48 Å². The van der Waals surface area contributed by atoms with Crippen LogP contribution in [0.2, 0.25) is 0 Å². The molecule has 0 saturated carbocycles. The molecule has 1 unspecified atom stereocenters. The average molecular weight is 232 g/mol. The van der Waals surface area contributed by atoms with Crippen LogP contribution >= 0.6 is 0 Å². The van der Waals surface area contributed by atoms with Crippen molar-refractivity contribution < 1.29 is 14.4 Å². The molecule has 1 atom stereocenters. The van der Waals surface area contributed by atoms with Gasteiger partial charge in [-0.2, -0.15) is 0 Å². The molecular formula is C11H24N2O3. The van der Waals surface area contributed by atoms with Gasteiger partial charge < -0.3 is 10.5 Å². The van der Waals surface area contributed by atoms with Crippen molar-refractivity contribution >= 4 is 5.91 Å². The monoisotopic (exact) mass is 232 g/mol. The number of rotatable bonds is 10. The fourth-order valence-electron chi connectivity index (χ4n) is 1.43. The van der Waals surface area contributed by atoms with Crippen LogP contribution in [-0.2, 0) is 14.4 Å². The number of methoxy groups -OCH3 is 1. The van der Waals surface area contributed by atoms with Gasteiger partial charge in [0.2, 0.25) is 5.91 Å². The highest BCUT2D eigenvalue weighted by Gasteiger charge is 2.08. The normalized spacial score (nSPS) is 12.4. The standard InChI is InChI=1S/C11H24N2O3/c1-3-10(6-7-12)4-5-11(14)13-16-9-8-15-2/h10H,3-9,12H2,1-2H3,(H,13,14).